The lowest BCUT2D eigenvalue weighted by atomic mass is 10.2. The summed E-state index contributed by atoms with van der Waals surface area (Å²) < 4.78 is 11.0. The van der Waals surface area contributed by atoms with Gasteiger partial charge in [0.25, 0.3) is 0 Å². The molecule has 1 aromatic carbocycles. The highest BCUT2D eigenvalue weighted by Gasteiger charge is 2.11. The summed E-state index contributed by atoms with van der Waals surface area (Å²) in [7, 11) is 0. The summed E-state index contributed by atoms with van der Waals surface area (Å²) in [5.41, 5.74) is 1.83. The van der Waals surface area contributed by atoms with Crippen molar-refractivity contribution in [2.45, 2.75) is 0 Å². The van der Waals surface area contributed by atoms with Crippen molar-refractivity contribution in [2.24, 2.45) is 0 Å². The molecule has 0 bridgehead atoms. The third kappa shape index (κ3) is 3.75. The van der Waals surface area contributed by atoms with E-state index in [4.69, 9.17) is 9.15 Å². The predicted molar refractivity (Wildman–Crippen MR) is 101 cm³/mol. The Labute approximate surface area is 151 Å². The number of ether oxygens (including phenoxy) is 1. The summed E-state index contributed by atoms with van der Waals surface area (Å²) in [6.45, 7) is 3.16. The number of carbonyl (C=O) groups is 1. The highest BCUT2D eigenvalue weighted by atomic mass is 16.5. The van der Waals surface area contributed by atoms with Crippen LogP contribution in [0, 0.1) is 0 Å². The first kappa shape index (κ1) is 16.4. The summed E-state index contributed by atoms with van der Waals surface area (Å²) >= 11 is 0. The summed E-state index contributed by atoms with van der Waals surface area (Å²) in [6.07, 6.45) is 4.86. The highest BCUT2D eigenvalue weighted by molar-refractivity contribution is 6.01. The molecule has 1 N–H and O–H groups in total. The van der Waals surface area contributed by atoms with Gasteiger partial charge in [0.15, 0.2) is 0 Å². The molecule has 0 radical (unpaired) electrons. The number of furan rings is 1. The molecule has 1 saturated heterocycles. The molecule has 3 aromatic rings. The van der Waals surface area contributed by atoms with Crippen molar-refractivity contribution in [1.29, 1.82) is 0 Å². The molecule has 132 valence electrons. The van der Waals surface area contributed by atoms with Crippen molar-refractivity contribution in [1.82, 2.24) is 4.98 Å². The Morgan fingerprint density at radius 3 is 2.77 bits per heavy atom. The highest BCUT2D eigenvalue weighted by Crippen LogP contribution is 2.20. The normalized spacial score (nSPS) is 14.8. The van der Waals surface area contributed by atoms with Crippen LogP contribution in [0.1, 0.15) is 5.76 Å². The smallest absolute Gasteiger partial charge is 0.249 e. The Bertz CT molecular complexity index is 892. The minimum absolute atomic E-state index is 0.253. The quantitative estimate of drug-likeness (QED) is 0.732. The largest absolute Gasteiger partial charge is 0.457 e. The van der Waals surface area contributed by atoms with Gasteiger partial charge in [-0.25, -0.2) is 4.98 Å². The molecule has 1 amide bonds. The van der Waals surface area contributed by atoms with Crippen LogP contribution in [-0.4, -0.2) is 37.2 Å². The summed E-state index contributed by atoms with van der Waals surface area (Å²) in [6, 6.07) is 13.4. The molecule has 1 aliphatic rings. The average molecular weight is 349 g/mol. The average Bonchev–Trinajstić information content (AvgIpc) is 3.11. The minimum atomic E-state index is -0.253. The van der Waals surface area contributed by atoms with Crippen LogP contribution < -0.4 is 10.2 Å². The fourth-order valence-electron chi connectivity index (χ4n) is 2.88. The van der Waals surface area contributed by atoms with E-state index in [-0.39, 0.29) is 5.91 Å². The fraction of sp³-hybridized carbons (Fsp3) is 0.200. The van der Waals surface area contributed by atoms with Crippen molar-refractivity contribution in [3.8, 4) is 0 Å². The number of aromatic nitrogens is 1. The third-order valence-corrected chi connectivity index (χ3v) is 4.22. The van der Waals surface area contributed by atoms with Gasteiger partial charge in [-0.3, -0.25) is 4.79 Å². The topological polar surface area (TPSA) is 67.6 Å². The summed E-state index contributed by atoms with van der Waals surface area (Å²) in [5.74, 6) is 0.898. The zero-order chi connectivity index (χ0) is 17.8. The number of fused-ring (bicyclic) bond motifs is 1. The minimum Gasteiger partial charge on any atom is -0.457 e. The maximum absolute atomic E-state index is 12.1. The number of rotatable bonds is 4. The van der Waals surface area contributed by atoms with Gasteiger partial charge >= 0.3 is 0 Å². The van der Waals surface area contributed by atoms with E-state index in [1.54, 1.807) is 18.3 Å². The lowest BCUT2D eigenvalue weighted by molar-refractivity contribution is -0.111. The predicted octanol–water partition coefficient (Wildman–Crippen LogP) is 3.32. The number of hydrogen-bond donors (Lipinski definition) is 1. The van der Waals surface area contributed by atoms with Gasteiger partial charge < -0.3 is 19.4 Å². The molecule has 1 fully saturated rings. The van der Waals surface area contributed by atoms with Gasteiger partial charge in [-0.2, -0.15) is 0 Å². The number of nitrogens with zero attached hydrogens (tertiary/aromatic N) is 2. The van der Waals surface area contributed by atoms with E-state index in [1.807, 2.05) is 36.4 Å². The molecule has 26 heavy (non-hydrogen) atoms. The van der Waals surface area contributed by atoms with Crippen molar-refractivity contribution in [3.63, 3.8) is 0 Å². The second-order valence-corrected chi connectivity index (χ2v) is 6.01. The van der Waals surface area contributed by atoms with Crippen molar-refractivity contribution >= 4 is 34.5 Å². The van der Waals surface area contributed by atoms with Gasteiger partial charge in [0.1, 0.15) is 17.2 Å². The Morgan fingerprint density at radius 2 is 2.00 bits per heavy atom. The first-order valence-electron chi connectivity index (χ1n) is 8.54. The number of morpholine rings is 1. The van der Waals surface area contributed by atoms with Gasteiger partial charge in [0.2, 0.25) is 5.91 Å². The first-order chi connectivity index (χ1) is 12.8. The van der Waals surface area contributed by atoms with E-state index in [2.05, 4.69) is 15.2 Å². The second-order valence-electron chi connectivity index (χ2n) is 6.01. The molecule has 6 nitrogen and oxygen atoms in total. The van der Waals surface area contributed by atoms with Gasteiger partial charge in [-0.15, -0.1) is 0 Å². The van der Waals surface area contributed by atoms with Crippen molar-refractivity contribution in [2.75, 3.05) is 36.5 Å². The van der Waals surface area contributed by atoms with Crippen LogP contribution >= 0.6 is 0 Å². The first-order valence-corrected chi connectivity index (χ1v) is 8.54. The lowest BCUT2D eigenvalue weighted by Crippen LogP contribution is -2.36. The third-order valence-electron chi connectivity index (χ3n) is 4.22. The Morgan fingerprint density at radius 1 is 1.15 bits per heavy atom. The van der Waals surface area contributed by atoms with Crippen LogP contribution in [0.4, 0.5) is 11.5 Å². The summed E-state index contributed by atoms with van der Waals surface area (Å²) in [4.78, 5) is 18.6. The molecule has 3 heterocycles. The molecule has 0 saturated carbocycles. The SMILES string of the molecule is O=C(/C=C/c1cc2ccccc2o1)Nc1ccc(N2CCOCC2)cn1. The lowest BCUT2D eigenvalue weighted by Gasteiger charge is -2.28. The Kier molecular flexibility index (Phi) is 4.66. The van der Waals surface area contributed by atoms with Gasteiger partial charge in [0.05, 0.1) is 25.1 Å². The van der Waals surface area contributed by atoms with E-state index in [9.17, 15) is 4.79 Å². The van der Waals surface area contributed by atoms with E-state index in [1.165, 1.54) is 6.08 Å². The van der Waals surface area contributed by atoms with Crippen LogP contribution in [0.15, 0.2) is 59.2 Å². The number of pyridine rings is 1. The molecular weight excluding hydrogens is 330 g/mol. The monoisotopic (exact) mass is 349 g/mol. The number of nitrogens with one attached hydrogen (secondary N) is 1. The van der Waals surface area contributed by atoms with Crippen LogP contribution in [-0.2, 0) is 9.53 Å². The Hall–Kier alpha value is -3.12. The van der Waals surface area contributed by atoms with Gasteiger partial charge in [0, 0.05) is 24.6 Å². The van der Waals surface area contributed by atoms with Crippen LogP contribution in [0.3, 0.4) is 0 Å². The number of benzene rings is 1. The van der Waals surface area contributed by atoms with Crippen LogP contribution in [0.25, 0.3) is 17.0 Å². The molecule has 0 unspecified atom stereocenters. The molecule has 6 heteroatoms. The van der Waals surface area contributed by atoms with Gasteiger partial charge in [-0.1, -0.05) is 18.2 Å². The van der Waals surface area contributed by atoms with Crippen molar-refractivity contribution < 1.29 is 13.9 Å². The van der Waals surface area contributed by atoms with E-state index in [0.717, 1.165) is 43.0 Å². The standard InChI is InChI=1S/C20H19N3O3/c24-20(8-6-17-13-15-3-1-2-4-18(15)26-17)22-19-7-5-16(14-21-19)23-9-11-25-12-10-23/h1-8,13-14H,9-12H2,(H,21,22,24)/b8-6+. The van der Waals surface area contributed by atoms with E-state index in [0.29, 0.717) is 11.6 Å². The zero-order valence-corrected chi connectivity index (χ0v) is 14.2. The maximum atomic E-state index is 12.1. The summed E-state index contributed by atoms with van der Waals surface area (Å²) in [5, 5.41) is 3.76. The number of carbonyl (C=O) groups excluding carboxylic acids is 1. The van der Waals surface area contributed by atoms with Crippen LogP contribution in [0.2, 0.25) is 0 Å². The molecule has 0 spiro atoms. The molecule has 0 atom stereocenters. The number of para-hydroxylation sites is 1. The molecule has 4 rings (SSSR count). The molecular formula is C20H19N3O3. The molecule has 0 aliphatic carbocycles. The maximum Gasteiger partial charge on any atom is 0.249 e. The number of amides is 1. The molecule has 2 aromatic heterocycles. The van der Waals surface area contributed by atoms with Crippen LogP contribution in [0.5, 0.6) is 0 Å². The number of hydrogen-bond acceptors (Lipinski definition) is 5. The number of anilines is 2. The van der Waals surface area contributed by atoms with E-state index >= 15 is 0 Å². The fourth-order valence-corrected chi connectivity index (χ4v) is 2.88. The Balaban J connectivity index is 1.38. The zero-order valence-electron chi connectivity index (χ0n) is 14.2. The van der Waals surface area contributed by atoms with Crippen molar-refractivity contribution in [3.05, 3.63) is 60.5 Å². The second kappa shape index (κ2) is 7.41. The van der Waals surface area contributed by atoms with E-state index < -0.39 is 0 Å². The molecule has 1 aliphatic heterocycles. The van der Waals surface area contributed by atoms with Gasteiger partial charge in [-0.05, 0) is 30.3 Å².